The van der Waals surface area contributed by atoms with Crippen LogP contribution in [0.25, 0.3) is 0 Å². The van der Waals surface area contributed by atoms with Gasteiger partial charge in [0, 0.05) is 29.9 Å². The van der Waals surface area contributed by atoms with Crippen molar-refractivity contribution < 1.29 is 13.2 Å². The fourth-order valence-corrected chi connectivity index (χ4v) is 7.01. The van der Waals surface area contributed by atoms with E-state index in [9.17, 15) is 13.2 Å². The van der Waals surface area contributed by atoms with E-state index in [1.165, 1.54) is 16.6 Å². The Morgan fingerprint density at radius 3 is 2.79 bits per heavy atom. The molecule has 1 saturated heterocycles. The molecular formula is C18H24N4O3S3. The SMILES string of the molecule is CCN(C(=O)CSc1nnc(Cc2cccs2)n1C1CC1)[C@H]1CCS(=O)(=O)C1. The van der Waals surface area contributed by atoms with Gasteiger partial charge in [-0.1, -0.05) is 17.8 Å². The molecule has 10 heteroatoms. The molecule has 7 nitrogen and oxygen atoms in total. The Labute approximate surface area is 173 Å². The number of carbonyl (C=O) groups is 1. The molecule has 1 saturated carbocycles. The minimum Gasteiger partial charge on any atom is -0.338 e. The van der Waals surface area contributed by atoms with E-state index in [0.29, 0.717) is 19.0 Å². The number of thioether (sulfide) groups is 1. The highest BCUT2D eigenvalue weighted by Crippen LogP contribution is 2.39. The molecule has 2 aromatic rings. The lowest BCUT2D eigenvalue weighted by Gasteiger charge is -2.26. The Kier molecular flexibility index (Phi) is 5.80. The molecule has 1 aliphatic heterocycles. The van der Waals surface area contributed by atoms with Gasteiger partial charge < -0.3 is 9.47 Å². The standard InChI is InChI=1S/C18H24N4O3S3/c1-2-21(14-7-9-28(24,25)12-14)17(23)11-27-18-20-19-16(22(18)13-5-6-13)10-15-4-3-8-26-15/h3-4,8,13-14H,2,5-7,9-12H2,1H3/t14-/m0/s1. The molecule has 0 radical (unpaired) electrons. The van der Waals surface area contributed by atoms with Gasteiger partial charge >= 0.3 is 0 Å². The predicted octanol–water partition coefficient (Wildman–Crippen LogP) is 2.39. The monoisotopic (exact) mass is 440 g/mol. The van der Waals surface area contributed by atoms with Gasteiger partial charge in [-0.2, -0.15) is 0 Å². The van der Waals surface area contributed by atoms with Crippen LogP contribution in [0.15, 0.2) is 22.7 Å². The lowest BCUT2D eigenvalue weighted by molar-refractivity contribution is -0.129. The lowest BCUT2D eigenvalue weighted by Crippen LogP contribution is -2.42. The molecule has 152 valence electrons. The molecule has 28 heavy (non-hydrogen) atoms. The summed E-state index contributed by atoms with van der Waals surface area (Å²) in [6.07, 6.45) is 3.54. The van der Waals surface area contributed by atoms with Gasteiger partial charge in [0.15, 0.2) is 15.0 Å². The molecule has 0 N–H and O–H groups in total. The summed E-state index contributed by atoms with van der Waals surface area (Å²) in [4.78, 5) is 15.7. The molecule has 0 aromatic carbocycles. The van der Waals surface area contributed by atoms with Crippen LogP contribution in [-0.4, -0.2) is 63.8 Å². The zero-order chi connectivity index (χ0) is 19.7. The lowest BCUT2D eigenvalue weighted by atomic mass is 10.2. The maximum Gasteiger partial charge on any atom is 0.233 e. The van der Waals surface area contributed by atoms with Crippen molar-refractivity contribution in [2.75, 3.05) is 23.8 Å². The van der Waals surface area contributed by atoms with Crippen molar-refractivity contribution in [3.05, 3.63) is 28.2 Å². The van der Waals surface area contributed by atoms with Crippen LogP contribution in [0.2, 0.25) is 0 Å². The second-order valence-electron chi connectivity index (χ2n) is 7.28. The van der Waals surface area contributed by atoms with Crippen LogP contribution in [0.1, 0.15) is 42.9 Å². The average molecular weight is 441 g/mol. The molecule has 3 heterocycles. The van der Waals surface area contributed by atoms with Crippen LogP contribution in [0.3, 0.4) is 0 Å². The molecule has 2 fully saturated rings. The Morgan fingerprint density at radius 2 is 2.18 bits per heavy atom. The zero-order valence-corrected chi connectivity index (χ0v) is 18.2. The fourth-order valence-electron chi connectivity index (χ4n) is 3.66. The van der Waals surface area contributed by atoms with Crippen molar-refractivity contribution in [3.63, 3.8) is 0 Å². The minimum atomic E-state index is -3.01. The van der Waals surface area contributed by atoms with Crippen LogP contribution in [-0.2, 0) is 21.1 Å². The first-order chi connectivity index (χ1) is 13.5. The number of amides is 1. The minimum absolute atomic E-state index is 0.0280. The predicted molar refractivity (Wildman–Crippen MR) is 111 cm³/mol. The van der Waals surface area contributed by atoms with E-state index in [2.05, 4.69) is 26.2 Å². The van der Waals surface area contributed by atoms with Crippen molar-refractivity contribution in [2.45, 2.75) is 49.8 Å². The van der Waals surface area contributed by atoms with E-state index in [1.807, 2.05) is 13.0 Å². The van der Waals surface area contributed by atoms with Gasteiger partial charge in [0.2, 0.25) is 5.91 Å². The summed E-state index contributed by atoms with van der Waals surface area (Å²) in [6.45, 7) is 2.43. The zero-order valence-electron chi connectivity index (χ0n) is 15.8. The fraction of sp³-hybridized carbons (Fsp3) is 0.611. The van der Waals surface area contributed by atoms with Crippen LogP contribution in [0.4, 0.5) is 0 Å². The van der Waals surface area contributed by atoms with Gasteiger partial charge in [0.1, 0.15) is 5.82 Å². The Morgan fingerprint density at radius 1 is 1.36 bits per heavy atom. The number of hydrogen-bond acceptors (Lipinski definition) is 7. The van der Waals surface area contributed by atoms with Crippen LogP contribution >= 0.6 is 23.1 Å². The number of sulfone groups is 1. The highest BCUT2D eigenvalue weighted by molar-refractivity contribution is 7.99. The summed E-state index contributed by atoms with van der Waals surface area (Å²) in [6, 6.07) is 4.37. The van der Waals surface area contributed by atoms with Crippen LogP contribution < -0.4 is 0 Å². The molecule has 2 aromatic heterocycles. The third-order valence-electron chi connectivity index (χ3n) is 5.19. The molecule has 4 rings (SSSR count). The number of rotatable bonds is 8. The van der Waals surface area contributed by atoms with E-state index in [0.717, 1.165) is 30.2 Å². The van der Waals surface area contributed by atoms with Crippen molar-refractivity contribution in [3.8, 4) is 0 Å². The second-order valence-corrected chi connectivity index (χ2v) is 11.5. The maximum absolute atomic E-state index is 12.8. The molecule has 1 atom stereocenters. The van der Waals surface area contributed by atoms with E-state index >= 15 is 0 Å². The highest BCUT2D eigenvalue weighted by Gasteiger charge is 2.34. The van der Waals surface area contributed by atoms with Gasteiger partial charge in [-0.25, -0.2) is 8.42 Å². The maximum atomic E-state index is 12.8. The van der Waals surface area contributed by atoms with Gasteiger partial charge in [-0.15, -0.1) is 21.5 Å². The van der Waals surface area contributed by atoms with Gasteiger partial charge in [-0.05, 0) is 37.6 Å². The van der Waals surface area contributed by atoms with Gasteiger partial charge in [0.25, 0.3) is 0 Å². The van der Waals surface area contributed by atoms with Crippen molar-refractivity contribution in [1.29, 1.82) is 0 Å². The summed E-state index contributed by atoms with van der Waals surface area (Å²) >= 11 is 3.12. The highest BCUT2D eigenvalue weighted by atomic mass is 32.2. The summed E-state index contributed by atoms with van der Waals surface area (Å²) in [5, 5.41) is 11.6. The topological polar surface area (TPSA) is 85.2 Å². The van der Waals surface area contributed by atoms with E-state index in [4.69, 9.17) is 0 Å². The normalized spacial score (nSPS) is 21.1. The smallest absolute Gasteiger partial charge is 0.233 e. The second kappa shape index (κ2) is 8.16. The molecule has 1 aliphatic carbocycles. The number of aromatic nitrogens is 3. The third-order valence-corrected chi connectivity index (χ3v) is 8.75. The van der Waals surface area contributed by atoms with E-state index in [1.54, 1.807) is 16.2 Å². The Hall–Kier alpha value is -1.39. The van der Waals surface area contributed by atoms with Crippen molar-refractivity contribution >= 4 is 38.8 Å². The molecule has 0 bridgehead atoms. The number of hydrogen-bond donors (Lipinski definition) is 0. The first-order valence-electron chi connectivity index (χ1n) is 9.55. The Balaban J connectivity index is 1.43. The molecule has 0 unspecified atom stereocenters. The summed E-state index contributed by atoms with van der Waals surface area (Å²) in [7, 11) is -3.01. The van der Waals surface area contributed by atoms with E-state index in [-0.39, 0.29) is 29.2 Å². The summed E-state index contributed by atoms with van der Waals surface area (Å²) in [5.41, 5.74) is 0. The molecular weight excluding hydrogens is 416 g/mol. The summed E-state index contributed by atoms with van der Waals surface area (Å²) < 4.78 is 25.7. The average Bonchev–Trinajstić information content (AvgIpc) is 3.04. The van der Waals surface area contributed by atoms with Gasteiger partial charge in [0.05, 0.1) is 17.3 Å². The summed E-state index contributed by atoms with van der Waals surface area (Å²) in [5.74, 6) is 1.44. The quantitative estimate of drug-likeness (QED) is 0.586. The third kappa shape index (κ3) is 4.44. The van der Waals surface area contributed by atoms with Crippen LogP contribution in [0.5, 0.6) is 0 Å². The molecule has 0 spiro atoms. The molecule has 1 amide bonds. The number of thiophene rings is 1. The van der Waals surface area contributed by atoms with Gasteiger partial charge in [-0.3, -0.25) is 4.79 Å². The van der Waals surface area contributed by atoms with Crippen molar-refractivity contribution in [1.82, 2.24) is 19.7 Å². The van der Waals surface area contributed by atoms with E-state index < -0.39 is 9.84 Å². The number of carbonyl (C=O) groups excluding carboxylic acids is 1. The molecule has 2 aliphatic rings. The largest absolute Gasteiger partial charge is 0.338 e. The Bertz CT molecular complexity index is 935. The first-order valence-corrected chi connectivity index (χ1v) is 13.2. The van der Waals surface area contributed by atoms with Crippen molar-refractivity contribution in [2.24, 2.45) is 0 Å². The first kappa shape index (κ1) is 19.9. The van der Waals surface area contributed by atoms with Crippen LogP contribution in [0, 0.1) is 0 Å². The number of nitrogens with zero attached hydrogens (tertiary/aromatic N) is 4.